The van der Waals surface area contributed by atoms with E-state index in [0.717, 1.165) is 36.4 Å². The van der Waals surface area contributed by atoms with Gasteiger partial charge >= 0.3 is 0 Å². The average Bonchev–Trinajstić information content (AvgIpc) is 3.45. The fourth-order valence-corrected chi connectivity index (χ4v) is 7.34. The van der Waals surface area contributed by atoms with Crippen LogP contribution in [0.5, 0.6) is 0 Å². The molecule has 4 nitrogen and oxygen atoms in total. The van der Waals surface area contributed by atoms with Crippen molar-refractivity contribution in [2.45, 2.75) is 24.9 Å². The highest BCUT2D eigenvalue weighted by Crippen LogP contribution is 2.46. The smallest absolute Gasteiger partial charge is 0.271 e. The molecular weight excluding hydrogens is 513 g/mol. The van der Waals surface area contributed by atoms with Crippen molar-refractivity contribution in [2.24, 2.45) is 0 Å². The zero-order valence-electron chi connectivity index (χ0n) is 18.0. The SMILES string of the molecule is CCn1c(=O)c(=C2Sc3cc(Cl)ccc3N2C)s/c1=C\c1scc[n+]1Cc1ccccc1.[Cl-]. The van der Waals surface area contributed by atoms with Crippen LogP contribution in [0.1, 0.15) is 17.5 Å². The summed E-state index contributed by atoms with van der Waals surface area (Å²) in [5.74, 6) is 0. The Kier molecular flexibility index (Phi) is 7.36. The third-order valence-corrected chi connectivity index (χ3v) is 8.93. The summed E-state index contributed by atoms with van der Waals surface area (Å²) in [6.45, 7) is 3.45. The zero-order valence-corrected chi connectivity index (χ0v) is 22.0. The summed E-state index contributed by atoms with van der Waals surface area (Å²) in [6.07, 6.45) is 4.24. The van der Waals surface area contributed by atoms with Crippen LogP contribution in [0.4, 0.5) is 5.69 Å². The molecule has 0 saturated heterocycles. The number of thioether (sulfide) groups is 1. The van der Waals surface area contributed by atoms with E-state index in [0.29, 0.717) is 11.6 Å². The van der Waals surface area contributed by atoms with Gasteiger partial charge in [0.05, 0.1) is 17.1 Å². The van der Waals surface area contributed by atoms with Crippen molar-refractivity contribution in [3.8, 4) is 0 Å². The maximum absolute atomic E-state index is 13.3. The van der Waals surface area contributed by atoms with Crippen molar-refractivity contribution in [3.63, 3.8) is 0 Å². The second kappa shape index (κ2) is 10.1. The Morgan fingerprint density at radius 3 is 2.70 bits per heavy atom. The molecule has 3 heterocycles. The van der Waals surface area contributed by atoms with Crippen LogP contribution in [0.15, 0.2) is 69.8 Å². The van der Waals surface area contributed by atoms with E-state index < -0.39 is 0 Å². The second-order valence-electron chi connectivity index (χ2n) is 7.40. The van der Waals surface area contributed by atoms with E-state index in [1.807, 2.05) is 42.8 Å². The third-order valence-electron chi connectivity index (χ3n) is 5.37. The Bertz CT molecular complexity index is 1470. The van der Waals surface area contributed by atoms with Crippen molar-refractivity contribution < 1.29 is 17.0 Å². The molecule has 9 heteroatoms. The lowest BCUT2D eigenvalue weighted by Gasteiger charge is -2.12. The number of thiazole rings is 2. The second-order valence-corrected chi connectivity index (χ2v) is 10.8. The summed E-state index contributed by atoms with van der Waals surface area (Å²) in [7, 11) is 2.01. The molecule has 0 aliphatic carbocycles. The molecule has 1 aliphatic heterocycles. The molecule has 0 amide bonds. The fraction of sp³-hybridized carbons (Fsp3) is 0.167. The first-order valence-electron chi connectivity index (χ1n) is 10.2. The van der Waals surface area contributed by atoms with E-state index in [9.17, 15) is 4.79 Å². The van der Waals surface area contributed by atoms with E-state index in [4.69, 9.17) is 11.6 Å². The lowest BCUT2D eigenvalue weighted by atomic mass is 10.2. The number of anilines is 1. The van der Waals surface area contributed by atoms with Gasteiger partial charge in [-0.05, 0) is 25.1 Å². The Morgan fingerprint density at radius 1 is 1.15 bits per heavy atom. The van der Waals surface area contributed by atoms with E-state index in [-0.39, 0.29) is 18.0 Å². The maximum atomic E-state index is 13.3. The minimum atomic E-state index is 0. The number of halogens is 2. The number of hydrogen-bond donors (Lipinski definition) is 0. The first-order valence-corrected chi connectivity index (χ1v) is 13.1. The summed E-state index contributed by atoms with van der Waals surface area (Å²) in [5, 5.41) is 4.88. The Hall–Kier alpha value is -2.03. The summed E-state index contributed by atoms with van der Waals surface area (Å²) in [4.78, 5) is 16.5. The van der Waals surface area contributed by atoms with E-state index in [1.54, 1.807) is 34.4 Å². The molecule has 0 spiro atoms. The summed E-state index contributed by atoms with van der Waals surface area (Å²) in [5.41, 5.74) is 2.39. The minimum Gasteiger partial charge on any atom is -1.00 e. The van der Waals surface area contributed by atoms with Crippen LogP contribution in [0, 0.1) is 0 Å². The molecule has 2 aromatic heterocycles. The number of fused-ring (bicyclic) bond motifs is 1. The van der Waals surface area contributed by atoms with E-state index in [1.165, 1.54) is 5.56 Å². The Morgan fingerprint density at radius 2 is 1.94 bits per heavy atom. The molecule has 2 aromatic carbocycles. The standard InChI is InChI=1S/C24H21ClN3OS3.ClH/c1-3-28-21(14-20-27(11-12-30-20)15-16-7-5-4-6-8-16)32-22(23(28)29)24-26(2)18-10-9-17(25)13-19(18)31-24;/h4-14H,3,15H2,1-2H3;1H/q+1;/p-1. The number of aromatic nitrogens is 2. The van der Waals surface area contributed by atoms with Gasteiger partial charge in [0.1, 0.15) is 14.2 Å². The first-order chi connectivity index (χ1) is 15.5. The largest absolute Gasteiger partial charge is 1.00 e. The molecule has 0 bridgehead atoms. The highest BCUT2D eigenvalue weighted by Gasteiger charge is 2.25. The van der Waals surface area contributed by atoms with Gasteiger partial charge in [-0.1, -0.05) is 65.0 Å². The predicted molar refractivity (Wildman–Crippen MR) is 136 cm³/mol. The molecule has 33 heavy (non-hydrogen) atoms. The normalized spacial score (nSPS) is 15.0. The molecule has 0 fully saturated rings. The Labute approximate surface area is 215 Å². The molecule has 0 unspecified atom stereocenters. The van der Waals surface area contributed by atoms with Gasteiger partial charge < -0.3 is 17.3 Å². The number of rotatable bonds is 4. The van der Waals surface area contributed by atoms with Crippen LogP contribution < -0.4 is 36.6 Å². The number of hydrogen-bond acceptors (Lipinski definition) is 5. The van der Waals surface area contributed by atoms with Gasteiger partial charge in [-0.3, -0.25) is 9.36 Å². The molecule has 170 valence electrons. The molecule has 0 saturated carbocycles. The van der Waals surface area contributed by atoms with Gasteiger partial charge in [-0.25, -0.2) is 0 Å². The highest BCUT2D eigenvalue weighted by molar-refractivity contribution is 8.08. The van der Waals surface area contributed by atoms with Gasteiger partial charge in [-0.2, -0.15) is 4.57 Å². The van der Waals surface area contributed by atoms with Crippen molar-refractivity contribution in [1.29, 1.82) is 0 Å². The fourth-order valence-electron chi connectivity index (χ4n) is 3.74. The molecule has 0 radical (unpaired) electrons. The quantitative estimate of drug-likeness (QED) is 0.368. The lowest BCUT2D eigenvalue weighted by Crippen LogP contribution is -3.00. The topological polar surface area (TPSA) is 29.1 Å². The number of benzene rings is 2. The van der Waals surface area contributed by atoms with Crippen LogP contribution in [-0.4, -0.2) is 11.6 Å². The van der Waals surface area contributed by atoms with Crippen LogP contribution in [0.2, 0.25) is 5.02 Å². The van der Waals surface area contributed by atoms with Crippen LogP contribution in [0.25, 0.3) is 11.1 Å². The Balaban J connectivity index is 0.00000259. The first kappa shape index (κ1) is 24.1. The van der Waals surface area contributed by atoms with Gasteiger partial charge in [0.2, 0.25) is 0 Å². The summed E-state index contributed by atoms with van der Waals surface area (Å²) >= 11 is 11.0. The third kappa shape index (κ3) is 4.66. The van der Waals surface area contributed by atoms with Gasteiger partial charge in [0.15, 0.2) is 12.7 Å². The molecule has 0 atom stereocenters. The zero-order chi connectivity index (χ0) is 22.2. The monoisotopic (exact) mass is 533 g/mol. The average molecular weight is 535 g/mol. The molecule has 1 aliphatic rings. The summed E-state index contributed by atoms with van der Waals surface area (Å²) in [6, 6.07) is 16.3. The minimum absolute atomic E-state index is 0. The number of nitrogens with zero attached hydrogens (tertiary/aromatic N) is 3. The molecule has 4 aromatic rings. The van der Waals surface area contributed by atoms with Crippen LogP contribution in [-0.2, 0) is 13.1 Å². The van der Waals surface area contributed by atoms with E-state index >= 15 is 0 Å². The van der Waals surface area contributed by atoms with Gasteiger partial charge in [0, 0.05) is 29.1 Å². The maximum Gasteiger partial charge on any atom is 0.271 e. The van der Waals surface area contributed by atoms with Crippen molar-refractivity contribution >= 4 is 62.8 Å². The summed E-state index contributed by atoms with van der Waals surface area (Å²) < 4.78 is 5.83. The van der Waals surface area contributed by atoms with Crippen LogP contribution >= 0.6 is 46.0 Å². The van der Waals surface area contributed by atoms with E-state index in [2.05, 4.69) is 51.4 Å². The molecule has 0 N–H and O–H groups in total. The predicted octanol–water partition coefficient (Wildman–Crippen LogP) is 1.12. The van der Waals surface area contributed by atoms with Gasteiger partial charge in [0.25, 0.3) is 10.6 Å². The van der Waals surface area contributed by atoms with Crippen molar-refractivity contribution in [1.82, 2.24) is 4.57 Å². The van der Waals surface area contributed by atoms with Crippen LogP contribution in [0.3, 0.4) is 0 Å². The molecule has 5 rings (SSSR count). The molecular formula is C24H21Cl2N3OS3. The van der Waals surface area contributed by atoms with Crippen molar-refractivity contribution in [2.75, 3.05) is 11.9 Å². The lowest BCUT2D eigenvalue weighted by molar-refractivity contribution is -0.685. The highest BCUT2D eigenvalue weighted by atomic mass is 35.5. The van der Waals surface area contributed by atoms with Gasteiger partial charge in [-0.15, -0.1) is 11.3 Å². The van der Waals surface area contributed by atoms with Crippen molar-refractivity contribution in [3.05, 3.63) is 95.3 Å².